The van der Waals surface area contributed by atoms with Gasteiger partial charge in [-0.15, -0.1) is 0 Å². The number of ether oxygens (including phenoxy) is 2. The highest BCUT2D eigenvalue weighted by molar-refractivity contribution is 6.01. The second-order valence-corrected chi connectivity index (χ2v) is 6.01. The van der Waals surface area contributed by atoms with Crippen molar-refractivity contribution in [2.24, 2.45) is 0 Å². The number of methoxy groups -OCH3 is 1. The maximum absolute atomic E-state index is 13.0. The Morgan fingerprint density at radius 1 is 1.07 bits per heavy atom. The molecule has 0 saturated carbocycles. The van der Waals surface area contributed by atoms with Crippen molar-refractivity contribution < 1.29 is 23.5 Å². The van der Waals surface area contributed by atoms with Gasteiger partial charge in [0.05, 0.1) is 23.4 Å². The average molecular weight is 367 g/mol. The number of benzene rings is 2. The summed E-state index contributed by atoms with van der Waals surface area (Å²) in [5, 5.41) is 0.828. The van der Waals surface area contributed by atoms with Crippen LogP contribution in [0.2, 0.25) is 0 Å². The van der Waals surface area contributed by atoms with E-state index < -0.39 is 24.2 Å². The van der Waals surface area contributed by atoms with Gasteiger partial charge < -0.3 is 9.47 Å². The molecule has 0 saturated heterocycles. The number of aryl methyl sites for hydroxylation is 1. The Balaban J connectivity index is 1.86. The van der Waals surface area contributed by atoms with Gasteiger partial charge in [-0.25, -0.2) is 14.2 Å². The Bertz CT molecular complexity index is 999. The molecule has 2 aromatic carbocycles. The minimum Gasteiger partial charge on any atom is -0.454 e. The maximum Gasteiger partial charge on any atom is 0.340 e. The molecule has 1 aromatic heterocycles. The van der Waals surface area contributed by atoms with Gasteiger partial charge in [0.2, 0.25) is 0 Å². The zero-order valence-electron chi connectivity index (χ0n) is 15.0. The summed E-state index contributed by atoms with van der Waals surface area (Å²) >= 11 is 0. The zero-order chi connectivity index (χ0) is 19.4. The quantitative estimate of drug-likeness (QED) is 0.489. The number of Topliss-reactive ketones (excluding diaryl/α,β-unsaturated/α-hetero) is 1. The number of nitrogens with zero attached hydrogens (tertiary/aromatic N) is 1. The molecule has 0 N–H and O–H groups in total. The lowest BCUT2D eigenvalue weighted by Crippen LogP contribution is -2.18. The van der Waals surface area contributed by atoms with E-state index in [1.165, 1.54) is 31.4 Å². The normalized spacial score (nSPS) is 10.8. The van der Waals surface area contributed by atoms with Crippen molar-refractivity contribution in [3.8, 4) is 0 Å². The molecule has 0 spiro atoms. The van der Waals surface area contributed by atoms with E-state index in [1.807, 2.05) is 31.2 Å². The van der Waals surface area contributed by atoms with Gasteiger partial charge in [0, 0.05) is 18.1 Å². The third kappa shape index (κ3) is 4.01. The van der Waals surface area contributed by atoms with Crippen molar-refractivity contribution in [2.45, 2.75) is 13.5 Å². The molecule has 0 unspecified atom stereocenters. The third-order valence-corrected chi connectivity index (χ3v) is 4.21. The minimum atomic E-state index is -0.645. The molecule has 3 rings (SSSR count). The molecule has 5 nitrogen and oxygen atoms in total. The zero-order valence-corrected chi connectivity index (χ0v) is 15.0. The van der Waals surface area contributed by atoms with Crippen LogP contribution in [-0.2, 0) is 16.1 Å². The van der Waals surface area contributed by atoms with Gasteiger partial charge in [-0.3, -0.25) is 4.79 Å². The summed E-state index contributed by atoms with van der Waals surface area (Å²) in [6.45, 7) is 1.51. The van der Waals surface area contributed by atoms with Gasteiger partial charge in [0.25, 0.3) is 0 Å². The number of hydrogen-bond acceptors (Lipinski definition) is 5. The fraction of sp³-hybridized carbons (Fsp3) is 0.190. The highest BCUT2D eigenvalue weighted by Gasteiger charge is 2.21. The SMILES string of the molecule is COCc1nc2ccccc2c(C)c1C(=O)OCC(=O)c1ccc(F)cc1. The summed E-state index contributed by atoms with van der Waals surface area (Å²) in [6, 6.07) is 12.5. The van der Waals surface area contributed by atoms with Gasteiger partial charge in [0.15, 0.2) is 12.4 Å². The first kappa shape index (κ1) is 18.7. The molecule has 0 aliphatic heterocycles. The third-order valence-electron chi connectivity index (χ3n) is 4.21. The summed E-state index contributed by atoms with van der Waals surface area (Å²) < 4.78 is 23.3. The van der Waals surface area contributed by atoms with E-state index in [9.17, 15) is 14.0 Å². The van der Waals surface area contributed by atoms with E-state index in [0.29, 0.717) is 16.8 Å². The van der Waals surface area contributed by atoms with E-state index in [-0.39, 0.29) is 12.2 Å². The Morgan fingerprint density at radius 3 is 2.48 bits per heavy atom. The Kier molecular flexibility index (Phi) is 5.57. The smallest absolute Gasteiger partial charge is 0.340 e. The lowest BCUT2D eigenvalue weighted by atomic mass is 10.0. The van der Waals surface area contributed by atoms with Gasteiger partial charge in [-0.1, -0.05) is 18.2 Å². The van der Waals surface area contributed by atoms with E-state index in [1.54, 1.807) is 0 Å². The molecule has 0 radical (unpaired) electrons. The van der Waals surface area contributed by atoms with E-state index in [2.05, 4.69) is 4.98 Å². The fourth-order valence-electron chi connectivity index (χ4n) is 2.88. The molecular weight excluding hydrogens is 349 g/mol. The van der Waals surface area contributed by atoms with Crippen LogP contribution in [0.4, 0.5) is 4.39 Å². The molecule has 3 aromatic rings. The molecular formula is C21H18FNO4. The number of aromatic nitrogens is 1. The molecule has 0 amide bonds. The van der Waals surface area contributed by atoms with Crippen LogP contribution in [0.1, 0.15) is 32.0 Å². The summed E-state index contributed by atoms with van der Waals surface area (Å²) in [5.74, 6) is -1.50. The van der Waals surface area contributed by atoms with Crippen LogP contribution in [0.15, 0.2) is 48.5 Å². The molecule has 0 aliphatic carbocycles. The molecule has 1 heterocycles. The minimum absolute atomic E-state index is 0.141. The number of pyridine rings is 1. The first-order chi connectivity index (χ1) is 13.0. The van der Waals surface area contributed by atoms with E-state index >= 15 is 0 Å². The lowest BCUT2D eigenvalue weighted by Gasteiger charge is -2.13. The topological polar surface area (TPSA) is 65.5 Å². The Labute approximate surface area is 155 Å². The highest BCUT2D eigenvalue weighted by atomic mass is 19.1. The monoisotopic (exact) mass is 367 g/mol. The van der Waals surface area contributed by atoms with Crippen LogP contribution >= 0.6 is 0 Å². The number of fused-ring (bicyclic) bond motifs is 1. The average Bonchev–Trinajstić information content (AvgIpc) is 2.67. The van der Waals surface area contributed by atoms with Crippen molar-refractivity contribution >= 4 is 22.7 Å². The van der Waals surface area contributed by atoms with Crippen LogP contribution < -0.4 is 0 Å². The van der Waals surface area contributed by atoms with Crippen LogP contribution in [0.25, 0.3) is 10.9 Å². The van der Waals surface area contributed by atoms with Crippen molar-refractivity contribution in [2.75, 3.05) is 13.7 Å². The van der Waals surface area contributed by atoms with Crippen molar-refractivity contribution in [3.05, 3.63) is 76.7 Å². The molecule has 0 atom stereocenters. The number of rotatable bonds is 6. The van der Waals surface area contributed by atoms with Gasteiger partial charge in [0.1, 0.15) is 5.82 Å². The first-order valence-electron chi connectivity index (χ1n) is 8.34. The molecule has 0 aliphatic rings. The number of halogens is 1. The van der Waals surface area contributed by atoms with Crippen LogP contribution in [0, 0.1) is 12.7 Å². The summed E-state index contributed by atoms with van der Waals surface area (Å²) in [5.41, 5.74) is 2.48. The van der Waals surface area contributed by atoms with Crippen molar-refractivity contribution in [1.82, 2.24) is 4.98 Å². The number of ketones is 1. The van der Waals surface area contributed by atoms with Gasteiger partial charge in [-0.05, 0) is 42.8 Å². The van der Waals surface area contributed by atoms with Crippen molar-refractivity contribution in [3.63, 3.8) is 0 Å². The van der Waals surface area contributed by atoms with Crippen LogP contribution in [0.3, 0.4) is 0 Å². The summed E-state index contributed by atoms with van der Waals surface area (Å²) in [7, 11) is 1.51. The number of carbonyl (C=O) groups excluding carboxylic acids is 2. The molecule has 27 heavy (non-hydrogen) atoms. The predicted octanol–water partition coefficient (Wildman–Crippen LogP) is 3.87. The Hall–Kier alpha value is -3.12. The van der Waals surface area contributed by atoms with Gasteiger partial charge >= 0.3 is 5.97 Å². The highest BCUT2D eigenvalue weighted by Crippen LogP contribution is 2.24. The number of carbonyl (C=O) groups is 2. The molecule has 6 heteroatoms. The fourth-order valence-corrected chi connectivity index (χ4v) is 2.88. The van der Waals surface area contributed by atoms with Crippen molar-refractivity contribution in [1.29, 1.82) is 0 Å². The molecule has 138 valence electrons. The second kappa shape index (κ2) is 8.05. The predicted molar refractivity (Wildman–Crippen MR) is 98.2 cm³/mol. The molecule has 0 fully saturated rings. The lowest BCUT2D eigenvalue weighted by molar-refractivity contribution is 0.0469. The number of hydrogen-bond donors (Lipinski definition) is 0. The first-order valence-corrected chi connectivity index (χ1v) is 8.34. The standard InChI is InChI=1S/C21H18FNO4/c1-13-16-5-3-4-6-17(16)23-18(11-26-2)20(13)21(25)27-12-19(24)14-7-9-15(22)10-8-14/h3-10H,11-12H2,1-2H3. The second-order valence-electron chi connectivity index (χ2n) is 6.01. The summed E-state index contributed by atoms with van der Waals surface area (Å²) in [6.07, 6.45) is 0. The van der Waals surface area contributed by atoms with Crippen LogP contribution in [0.5, 0.6) is 0 Å². The molecule has 0 bridgehead atoms. The van der Waals surface area contributed by atoms with Crippen LogP contribution in [-0.4, -0.2) is 30.5 Å². The maximum atomic E-state index is 13.0. The Morgan fingerprint density at radius 2 is 1.78 bits per heavy atom. The van der Waals surface area contributed by atoms with E-state index in [0.717, 1.165) is 10.9 Å². The number of esters is 1. The van der Waals surface area contributed by atoms with E-state index in [4.69, 9.17) is 9.47 Å². The van der Waals surface area contributed by atoms with Gasteiger partial charge in [-0.2, -0.15) is 0 Å². The summed E-state index contributed by atoms with van der Waals surface area (Å²) in [4.78, 5) is 29.3. The largest absolute Gasteiger partial charge is 0.454 e. The number of para-hydroxylation sites is 1.